The fourth-order valence-corrected chi connectivity index (χ4v) is 6.88. The highest BCUT2D eigenvalue weighted by Gasteiger charge is 2.75. The third-order valence-corrected chi connectivity index (χ3v) is 8.63. The molecule has 0 aliphatic carbocycles. The second-order valence-corrected chi connectivity index (χ2v) is 11.5. The van der Waals surface area contributed by atoms with Gasteiger partial charge in [-0.3, -0.25) is 19.2 Å². The lowest BCUT2D eigenvalue weighted by Gasteiger charge is -2.37. The van der Waals surface area contributed by atoms with E-state index >= 15 is 0 Å². The molecule has 0 unspecified atom stereocenters. The van der Waals surface area contributed by atoms with Gasteiger partial charge in [-0.2, -0.15) is 0 Å². The molecule has 4 rings (SSSR count). The number of fused-ring (bicyclic) bond motifs is 1. The number of aliphatic hydroxyl groups is 1. The highest BCUT2D eigenvalue weighted by Crippen LogP contribution is 2.59. The number of likely N-dealkylation sites (tertiary alicyclic amines) is 1. The molecule has 3 fully saturated rings. The molecule has 1 aromatic rings. The van der Waals surface area contributed by atoms with Gasteiger partial charge in [0.25, 0.3) is 5.91 Å². The zero-order valence-corrected chi connectivity index (χ0v) is 24.8. The second-order valence-electron chi connectivity index (χ2n) is 11.5. The number of allylic oxidation sites excluding steroid dienone is 1. The summed E-state index contributed by atoms with van der Waals surface area (Å²) in [6.07, 6.45) is 4.23. The zero-order chi connectivity index (χ0) is 30.6. The molecule has 0 saturated carbocycles. The molecule has 3 heterocycles. The molecule has 6 atom stereocenters. The number of esters is 1. The van der Waals surface area contributed by atoms with Crippen LogP contribution in [-0.2, 0) is 28.7 Å². The molecule has 3 aliphatic rings. The van der Waals surface area contributed by atoms with Gasteiger partial charge in [0.15, 0.2) is 0 Å². The molecule has 1 spiro atoms. The quantitative estimate of drug-likeness (QED) is 0.256. The number of ether oxygens (including phenoxy) is 2. The SMILES string of the molecule is C=CCCC(=O)NC[C@H](C)OC(=O)[C@@H]1[C@@H]2CC[C@]3(O2)[C@H](C(=O)N(CC=C)c2c(C)cccc2C)N(CCCO)C(=O)[C@@H]13. The van der Waals surface area contributed by atoms with Gasteiger partial charge < -0.3 is 29.7 Å². The van der Waals surface area contributed by atoms with Crippen LogP contribution in [0.2, 0.25) is 0 Å². The number of nitrogens with zero attached hydrogens (tertiary/aromatic N) is 2. The van der Waals surface area contributed by atoms with E-state index in [2.05, 4.69) is 18.5 Å². The average Bonchev–Trinajstić information content (AvgIpc) is 3.60. The number of hydrogen-bond donors (Lipinski definition) is 2. The number of carbonyl (C=O) groups excluding carboxylic acids is 4. The van der Waals surface area contributed by atoms with E-state index in [-0.39, 0.29) is 50.4 Å². The molecule has 2 N–H and O–H groups in total. The molecule has 3 aliphatic heterocycles. The molecule has 1 aromatic carbocycles. The molecular weight excluding hydrogens is 538 g/mol. The third-order valence-electron chi connectivity index (χ3n) is 8.63. The van der Waals surface area contributed by atoms with Gasteiger partial charge in [0.05, 0.1) is 24.5 Å². The summed E-state index contributed by atoms with van der Waals surface area (Å²) in [5, 5.41) is 12.4. The van der Waals surface area contributed by atoms with Crippen LogP contribution in [0.5, 0.6) is 0 Å². The molecule has 2 bridgehead atoms. The third kappa shape index (κ3) is 5.74. The van der Waals surface area contributed by atoms with Crippen LogP contribution in [0.25, 0.3) is 0 Å². The number of hydrogen-bond acceptors (Lipinski definition) is 7. The van der Waals surface area contributed by atoms with Crippen LogP contribution in [0, 0.1) is 25.7 Å². The maximum absolute atomic E-state index is 14.5. The van der Waals surface area contributed by atoms with Crippen molar-refractivity contribution in [1.82, 2.24) is 10.2 Å². The summed E-state index contributed by atoms with van der Waals surface area (Å²) in [5.41, 5.74) is 1.39. The minimum atomic E-state index is -1.18. The number of rotatable bonds is 14. The summed E-state index contributed by atoms with van der Waals surface area (Å²) in [5.74, 6) is -3.12. The molecule has 228 valence electrons. The number of aryl methyl sites for hydroxylation is 2. The Labute approximate surface area is 247 Å². The predicted molar refractivity (Wildman–Crippen MR) is 157 cm³/mol. The van der Waals surface area contributed by atoms with E-state index in [1.165, 1.54) is 4.90 Å². The number of carbonyl (C=O) groups is 4. The van der Waals surface area contributed by atoms with E-state index in [4.69, 9.17) is 9.47 Å². The molecule has 10 nitrogen and oxygen atoms in total. The minimum Gasteiger partial charge on any atom is -0.460 e. The first-order chi connectivity index (χ1) is 20.1. The molecule has 3 amide bonds. The molecule has 0 aromatic heterocycles. The Balaban J connectivity index is 1.62. The van der Waals surface area contributed by atoms with Crippen LogP contribution >= 0.6 is 0 Å². The molecule has 0 radical (unpaired) electrons. The Kier molecular flexibility index (Phi) is 9.89. The van der Waals surface area contributed by atoms with Gasteiger partial charge in [-0.05, 0) is 57.6 Å². The standard InChI is InChI=1S/C32H43N3O7/c1-6-8-13-24(37)33-19-22(5)41-31(40)25-23-14-15-32(42-23)26(25)29(38)35(17-10-18-36)28(32)30(39)34(16-7-2)27-20(3)11-9-12-21(27)4/h6-7,9,11-12,22-23,25-26,28,36H,1-2,8,10,13-19H2,3-5H3,(H,33,37)/t22-,23-,25+,26+,28-,32+/m0/s1. The maximum atomic E-state index is 14.5. The van der Waals surface area contributed by atoms with Gasteiger partial charge in [-0.25, -0.2) is 0 Å². The highest BCUT2D eigenvalue weighted by molar-refractivity contribution is 6.05. The summed E-state index contributed by atoms with van der Waals surface area (Å²) < 4.78 is 12.2. The molecular formula is C32H43N3O7. The molecule has 10 heteroatoms. The lowest BCUT2D eigenvalue weighted by Crippen LogP contribution is -2.56. The van der Waals surface area contributed by atoms with E-state index in [0.717, 1.165) is 16.8 Å². The van der Waals surface area contributed by atoms with Crippen LogP contribution in [0.1, 0.15) is 50.2 Å². The van der Waals surface area contributed by atoms with Crippen LogP contribution < -0.4 is 10.2 Å². The lowest BCUT2D eigenvalue weighted by atomic mass is 9.70. The Morgan fingerprint density at radius 3 is 2.62 bits per heavy atom. The fourth-order valence-electron chi connectivity index (χ4n) is 6.88. The van der Waals surface area contributed by atoms with E-state index in [0.29, 0.717) is 25.7 Å². The van der Waals surface area contributed by atoms with Gasteiger partial charge >= 0.3 is 5.97 Å². The van der Waals surface area contributed by atoms with Crippen molar-refractivity contribution < 1.29 is 33.8 Å². The monoisotopic (exact) mass is 581 g/mol. The lowest BCUT2D eigenvalue weighted by molar-refractivity contribution is -0.159. The van der Waals surface area contributed by atoms with Gasteiger partial charge in [-0.15, -0.1) is 13.2 Å². The van der Waals surface area contributed by atoms with Crippen molar-refractivity contribution in [2.75, 3.05) is 31.1 Å². The van der Waals surface area contributed by atoms with E-state index in [9.17, 15) is 24.3 Å². The summed E-state index contributed by atoms with van der Waals surface area (Å²) >= 11 is 0. The first-order valence-electron chi connectivity index (χ1n) is 14.8. The summed E-state index contributed by atoms with van der Waals surface area (Å²) in [6, 6.07) is 4.83. The Morgan fingerprint density at radius 2 is 1.98 bits per heavy atom. The van der Waals surface area contributed by atoms with Gasteiger partial charge in [-0.1, -0.05) is 30.4 Å². The van der Waals surface area contributed by atoms with Crippen molar-refractivity contribution in [3.8, 4) is 0 Å². The second kappa shape index (κ2) is 13.2. The van der Waals surface area contributed by atoms with Crippen LogP contribution in [0.15, 0.2) is 43.5 Å². The van der Waals surface area contributed by atoms with Crippen molar-refractivity contribution in [3.05, 3.63) is 54.6 Å². The van der Waals surface area contributed by atoms with E-state index < -0.39 is 41.7 Å². The Hall–Kier alpha value is -3.50. The smallest absolute Gasteiger partial charge is 0.312 e. The summed E-state index contributed by atoms with van der Waals surface area (Å²) in [4.78, 5) is 57.3. The van der Waals surface area contributed by atoms with E-state index in [1.807, 2.05) is 32.0 Å². The first-order valence-corrected chi connectivity index (χ1v) is 14.8. The Morgan fingerprint density at radius 1 is 1.26 bits per heavy atom. The van der Waals surface area contributed by atoms with Crippen molar-refractivity contribution in [2.24, 2.45) is 11.8 Å². The van der Waals surface area contributed by atoms with Gasteiger partial charge in [0.1, 0.15) is 17.7 Å². The van der Waals surface area contributed by atoms with Crippen molar-refractivity contribution in [1.29, 1.82) is 0 Å². The zero-order valence-electron chi connectivity index (χ0n) is 24.8. The minimum absolute atomic E-state index is 0.139. The largest absolute Gasteiger partial charge is 0.460 e. The van der Waals surface area contributed by atoms with Gasteiger partial charge in [0.2, 0.25) is 11.8 Å². The fraction of sp³-hybridized carbons (Fsp3) is 0.562. The van der Waals surface area contributed by atoms with Crippen molar-refractivity contribution in [3.63, 3.8) is 0 Å². The number of anilines is 1. The number of amides is 3. The van der Waals surface area contributed by atoms with Gasteiger partial charge in [0, 0.05) is 31.8 Å². The topological polar surface area (TPSA) is 125 Å². The Bertz CT molecular complexity index is 1210. The number of benzene rings is 1. The number of nitrogens with one attached hydrogen (secondary N) is 1. The predicted octanol–water partition coefficient (Wildman–Crippen LogP) is 2.59. The average molecular weight is 582 g/mol. The normalized spacial score (nSPS) is 26.5. The number of para-hydroxylation sites is 1. The van der Waals surface area contributed by atoms with E-state index in [1.54, 1.807) is 24.0 Å². The van der Waals surface area contributed by atoms with Crippen LogP contribution in [0.4, 0.5) is 5.69 Å². The van der Waals surface area contributed by atoms with Crippen LogP contribution in [0.3, 0.4) is 0 Å². The van der Waals surface area contributed by atoms with Crippen LogP contribution in [-0.4, -0.2) is 83.8 Å². The first kappa shape index (κ1) is 31.4. The molecule has 42 heavy (non-hydrogen) atoms. The maximum Gasteiger partial charge on any atom is 0.312 e. The molecule has 3 saturated heterocycles. The van der Waals surface area contributed by atoms with Crippen molar-refractivity contribution in [2.45, 2.75) is 76.7 Å². The summed E-state index contributed by atoms with van der Waals surface area (Å²) in [6.45, 7) is 13.4. The highest BCUT2D eigenvalue weighted by atomic mass is 16.6. The van der Waals surface area contributed by atoms with Crippen molar-refractivity contribution >= 4 is 29.4 Å². The summed E-state index contributed by atoms with van der Waals surface area (Å²) in [7, 11) is 0. The number of aliphatic hydroxyl groups excluding tert-OH is 1.